The molecule has 0 fully saturated rings. The van der Waals surface area contributed by atoms with Crippen LogP contribution in [0.4, 0.5) is 10.1 Å². The van der Waals surface area contributed by atoms with Gasteiger partial charge in [0.1, 0.15) is 5.82 Å². The van der Waals surface area contributed by atoms with Gasteiger partial charge in [0.25, 0.3) is 0 Å². The van der Waals surface area contributed by atoms with Crippen molar-refractivity contribution in [2.24, 2.45) is 0 Å². The van der Waals surface area contributed by atoms with E-state index in [0.29, 0.717) is 10.9 Å². The SMILES string of the molecule is Cc1cc(NC=O)c(F)cc1Br. The molecule has 1 N–H and O–H groups in total. The van der Waals surface area contributed by atoms with Crippen molar-refractivity contribution in [1.29, 1.82) is 0 Å². The standard InChI is InChI=1S/C8H7BrFNO/c1-5-2-8(11-4-12)7(10)3-6(5)9/h2-4H,1H3,(H,11,12). The van der Waals surface area contributed by atoms with E-state index in [9.17, 15) is 9.18 Å². The average Bonchev–Trinajstić information content (AvgIpc) is 2.01. The number of halogens is 2. The first kappa shape index (κ1) is 9.19. The zero-order valence-electron chi connectivity index (χ0n) is 6.40. The van der Waals surface area contributed by atoms with Gasteiger partial charge in [0.15, 0.2) is 0 Å². The minimum atomic E-state index is -0.445. The molecule has 0 saturated heterocycles. The summed E-state index contributed by atoms with van der Waals surface area (Å²) in [6.07, 6.45) is 0.450. The molecule has 1 amide bonds. The van der Waals surface area contributed by atoms with E-state index in [1.54, 1.807) is 6.07 Å². The number of aryl methyl sites for hydroxylation is 1. The molecule has 0 radical (unpaired) electrons. The Morgan fingerprint density at radius 3 is 2.83 bits per heavy atom. The zero-order valence-corrected chi connectivity index (χ0v) is 7.98. The van der Waals surface area contributed by atoms with Crippen LogP contribution in [0, 0.1) is 12.7 Å². The molecule has 0 spiro atoms. The van der Waals surface area contributed by atoms with E-state index in [1.807, 2.05) is 6.92 Å². The Bertz CT molecular complexity index is 314. The van der Waals surface area contributed by atoms with Gasteiger partial charge < -0.3 is 5.32 Å². The summed E-state index contributed by atoms with van der Waals surface area (Å²) in [7, 11) is 0. The summed E-state index contributed by atoms with van der Waals surface area (Å²) in [6, 6.07) is 2.88. The number of rotatable bonds is 2. The van der Waals surface area contributed by atoms with Crippen molar-refractivity contribution in [1.82, 2.24) is 0 Å². The summed E-state index contributed by atoms with van der Waals surface area (Å²) in [5.41, 5.74) is 1.08. The van der Waals surface area contributed by atoms with Crippen LogP contribution in [0.25, 0.3) is 0 Å². The Morgan fingerprint density at radius 1 is 1.58 bits per heavy atom. The lowest BCUT2D eigenvalue weighted by molar-refractivity contribution is -0.105. The molecule has 4 heteroatoms. The van der Waals surface area contributed by atoms with Gasteiger partial charge in [-0.15, -0.1) is 0 Å². The van der Waals surface area contributed by atoms with E-state index in [0.717, 1.165) is 5.56 Å². The highest BCUT2D eigenvalue weighted by atomic mass is 79.9. The largest absolute Gasteiger partial charge is 0.326 e. The molecule has 0 bridgehead atoms. The van der Waals surface area contributed by atoms with Crippen LogP contribution in [0.1, 0.15) is 5.56 Å². The molecular formula is C8H7BrFNO. The Labute approximate surface area is 77.9 Å². The minimum Gasteiger partial charge on any atom is -0.326 e. The number of hydrogen-bond acceptors (Lipinski definition) is 1. The van der Waals surface area contributed by atoms with Gasteiger partial charge in [0.2, 0.25) is 6.41 Å². The van der Waals surface area contributed by atoms with Gasteiger partial charge in [0.05, 0.1) is 5.69 Å². The van der Waals surface area contributed by atoms with Gasteiger partial charge in [-0.2, -0.15) is 0 Å². The zero-order chi connectivity index (χ0) is 9.14. The highest BCUT2D eigenvalue weighted by molar-refractivity contribution is 9.10. The molecule has 0 unspecified atom stereocenters. The van der Waals surface area contributed by atoms with Crippen molar-refractivity contribution < 1.29 is 9.18 Å². The van der Waals surface area contributed by atoms with Gasteiger partial charge in [-0.1, -0.05) is 15.9 Å². The summed E-state index contributed by atoms with van der Waals surface area (Å²) in [6.45, 7) is 1.82. The monoisotopic (exact) mass is 231 g/mol. The van der Waals surface area contributed by atoms with Crippen LogP contribution in [-0.2, 0) is 4.79 Å². The normalized spacial score (nSPS) is 9.58. The van der Waals surface area contributed by atoms with Crippen LogP contribution in [0.5, 0.6) is 0 Å². The summed E-state index contributed by atoms with van der Waals surface area (Å²) < 4.78 is 13.7. The lowest BCUT2D eigenvalue weighted by Crippen LogP contribution is -1.97. The number of carbonyl (C=O) groups excluding carboxylic acids is 1. The van der Waals surface area contributed by atoms with Crippen molar-refractivity contribution in [2.75, 3.05) is 5.32 Å². The second-order valence-corrected chi connectivity index (χ2v) is 3.20. The molecule has 1 rings (SSSR count). The quantitative estimate of drug-likeness (QED) is 0.779. The topological polar surface area (TPSA) is 29.1 Å². The molecule has 64 valence electrons. The van der Waals surface area contributed by atoms with E-state index < -0.39 is 5.82 Å². The maximum Gasteiger partial charge on any atom is 0.211 e. The molecule has 0 aliphatic rings. The fourth-order valence-corrected chi connectivity index (χ4v) is 1.15. The lowest BCUT2D eigenvalue weighted by atomic mass is 10.2. The summed E-state index contributed by atoms with van der Waals surface area (Å²) in [5, 5.41) is 2.27. The first-order chi connectivity index (χ1) is 5.65. The molecule has 2 nitrogen and oxygen atoms in total. The van der Waals surface area contributed by atoms with Crippen LogP contribution in [0.15, 0.2) is 16.6 Å². The molecule has 0 aromatic heterocycles. The van der Waals surface area contributed by atoms with Crippen molar-refractivity contribution in [3.63, 3.8) is 0 Å². The Kier molecular flexibility index (Phi) is 2.81. The third kappa shape index (κ3) is 1.82. The van der Waals surface area contributed by atoms with Gasteiger partial charge >= 0.3 is 0 Å². The maximum absolute atomic E-state index is 13.0. The molecule has 0 atom stereocenters. The summed E-state index contributed by atoms with van der Waals surface area (Å²) in [4.78, 5) is 10.0. The molecule has 0 aliphatic carbocycles. The van der Waals surface area contributed by atoms with Crippen molar-refractivity contribution in [2.45, 2.75) is 6.92 Å². The van der Waals surface area contributed by atoms with Crippen molar-refractivity contribution in [3.05, 3.63) is 28.0 Å². The molecule has 0 heterocycles. The number of carbonyl (C=O) groups is 1. The van der Waals surface area contributed by atoms with Crippen molar-refractivity contribution in [3.8, 4) is 0 Å². The Hall–Kier alpha value is -0.900. The highest BCUT2D eigenvalue weighted by Crippen LogP contribution is 2.23. The second kappa shape index (κ2) is 3.67. The molecule has 12 heavy (non-hydrogen) atoms. The van der Waals surface area contributed by atoms with Gasteiger partial charge in [-0.3, -0.25) is 4.79 Å². The van der Waals surface area contributed by atoms with Gasteiger partial charge in [0, 0.05) is 4.47 Å². The number of nitrogens with one attached hydrogen (secondary N) is 1. The van der Waals surface area contributed by atoms with E-state index in [1.165, 1.54) is 6.07 Å². The molecule has 0 aliphatic heterocycles. The fourth-order valence-electron chi connectivity index (χ4n) is 0.831. The van der Waals surface area contributed by atoms with Crippen LogP contribution < -0.4 is 5.32 Å². The first-order valence-corrected chi connectivity index (χ1v) is 4.10. The van der Waals surface area contributed by atoms with E-state index in [-0.39, 0.29) is 5.69 Å². The van der Waals surface area contributed by atoms with Crippen LogP contribution in [-0.4, -0.2) is 6.41 Å². The maximum atomic E-state index is 13.0. The molecule has 1 aromatic rings. The first-order valence-electron chi connectivity index (χ1n) is 3.31. The molecule has 1 aromatic carbocycles. The number of benzene rings is 1. The van der Waals surface area contributed by atoms with Gasteiger partial charge in [-0.25, -0.2) is 4.39 Å². The molecule has 0 saturated carbocycles. The minimum absolute atomic E-state index is 0.200. The van der Waals surface area contributed by atoms with E-state index in [4.69, 9.17) is 0 Å². The average molecular weight is 232 g/mol. The third-order valence-electron chi connectivity index (χ3n) is 1.46. The van der Waals surface area contributed by atoms with Crippen molar-refractivity contribution >= 4 is 28.0 Å². The van der Waals surface area contributed by atoms with Crippen LogP contribution in [0.3, 0.4) is 0 Å². The van der Waals surface area contributed by atoms with E-state index in [2.05, 4.69) is 21.2 Å². The molecular weight excluding hydrogens is 225 g/mol. The third-order valence-corrected chi connectivity index (χ3v) is 2.32. The smallest absolute Gasteiger partial charge is 0.211 e. The number of amides is 1. The predicted molar refractivity (Wildman–Crippen MR) is 48.5 cm³/mol. The highest BCUT2D eigenvalue weighted by Gasteiger charge is 2.03. The number of anilines is 1. The Morgan fingerprint density at radius 2 is 2.25 bits per heavy atom. The summed E-state index contributed by atoms with van der Waals surface area (Å²) in [5.74, 6) is -0.445. The van der Waals surface area contributed by atoms with Gasteiger partial charge in [-0.05, 0) is 24.6 Å². The Balaban J connectivity index is 3.13. The summed E-state index contributed by atoms with van der Waals surface area (Å²) >= 11 is 3.18. The fraction of sp³-hybridized carbons (Fsp3) is 0.125. The number of hydrogen-bond donors (Lipinski definition) is 1. The van der Waals surface area contributed by atoms with Crippen LogP contribution in [0.2, 0.25) is 0 Å². The van der Waals surface area contributed by atoms with E-state index >= 15 is 0 Å². The predicted octanol–water partition coefficient (Wildman–Crippen LogP) is 2.46. The lowest BCUT2D eigenvalue weighted by Gasteiger charge is -2.03. The second-order valence-electron chi connectivity index (χ2n) is 2.34. The van der Waals surface area contributed by atoms with Crippen LogP contribution >= 0.6 is 15.9 Å².